The van der Waals surface area contributed by atoms with Gasteiger partial charge in [0.05, 0.1) is 0 Å². The minimum atomic E-state index is 0.203. The van der Waals surface area contributed by atoms with Crippen LogP contribution in [0.2, 0.25) is 13.1 Å². The zero-order valence-corrected chi connectivity index (χ0v) is 28.9. The maximum absolute atomic E-state index is 2.35. The van der Waals surface area contributed by atoms with Gasteiger partial charge in [-0.25, -0.2) is 0 Å². The van der Waals surface area contributed by atoms with E-state index in [4.69, 9.17) is 0 Å². The van der Waals surface area contributed by atoms with Crippen LogP contribution in [-0.2, 0) is 34.2 Å². The van der Waals surface area contributed by atoms with Crippen molar-refractivity contribution < 1.29 is 23.3 Å². The first-order valence-electron chi connectivity index (χ1n) is 14.2. The van der Waals surface area contributed by atoms with E-state index >= 15 is 0 Å². The number of rotatable bonds is 1. The second kappa shape index (κ2) is 12.5. The Morgan fingerprint density at radius 2 is 1.05 bits per heavy atom. The van der Waals surface area contributed by atoms with Crippen LogP contribution in [0.15, 0.2) is 109 Å². The van der Waals surface area contributed by atoms with E-state index in [-0.39, 0.29) is 16.3 Å². The van der Waals surface area contributed by atoms with E-state index in [1.54, 1.807) is 23.3 Å². The van der Waals surface area contributed by atoms with Gasteiger partial charge in [-0.2, -0.15) is 0 Å². The van der Waals surface area contributed by atoms with Crippen molar-refractivity contribution in [2.75, 3.05) is 0 Å². The second-order valence-corrected chi connectivity index (χ2v) is 22.3. The van der Waals surface area contributed by atoms with Crippen LogP contribution in [0, 0.1) is 0 Å². The second-order valence-electron chi connectivity index (χ2n) is 12.9. The molecule has 0 aliphatic carbocycles. The van der Waals surface area contributed by atoms with E-state index < -0.39 is 0 Å². The van der Waals surface area contributed by atoms with Gasteiger partial charge >= 0.3 is 41.9 Å². The third-order valence-electron chi connectivity index (χ3n) is 7.20. The molecule has 0 spiro atoms. The maximum Gasteiger partial charge on any atom is -0.0623 e. The largest absolute Gasteiger partial charge is 0.150 e. The third-order valence-corrected chi connectivity index (χ3v) is 7.20. The normalized spacial score (nSPS) is 11.7. The molecular weight excluding hydrogens is 576 g/mol. The summed E-state index contributed by atoms with van der Waals surface area (Å²) < 4.78 is 0. The predicted octanol–water partition coefficient (Wildman–Crippen LogP) is 11.3. The van der Waals surface area contributed by atoms with Gasteiger partial charge in [-0.1, -0.05) is 119 Å². The Hall–Kier alpha value is -2.54. The van der Waals surface area contributed by atoms with Crippen molar-refractivity contribution in [3.05, 3.63) is 120 Å². The summed E-state index contributed by atoms with van der Waals surface area (Å²) in [6.45, 7) is 18.3. The van der Waals surface area contributed by atoms with Crippen LogP contribution in [0.5, 0.6) is 0 Å². The van der Waals surface area contributed by atoms with Crippen LogP contribution in [-0.4, -0.2) is 5.43 Å². The molecule has 0 saturated heterocycles. The van der Waals surface area contributed by atoms with Crippen LogP contribution < -0.4 is 0 Å². The molecule has 0 N–H and O–H groups in total. The van der Waals surface area contributed by atoms with E-state index in [2.05, 4.69) is 164 Å². The van der Waals surface area contributed by atoms with Crippen molar-refractivity contribution in [2.45, 2.75) is 65.5 Å². The first kappa shape index (κ1) is 30.4. The molecule has 2 heteroatoms. The molecule has 0 heterocycles. The fourth-order valence-corrected chi connectivity index (χ4v) is 4.98. The molecule has 0 aliphatic rings. The first-order chi connectivity index (χ1) is 18.8. The van der Waals surface area contributed by atoms with Gasteiger partial charge in [0, 0.05) is 0 Å². The Kier molecular flexibility index (Phi) is 9.54. The number of hydrogen-bond donors (Lipinski definition) is 0. The molecule has 6 rings (SSSR count). The first-order valence-corrected chi connectivity index (χ1v) is 20.4. The summed E-state index contributed by atoms with van der Waals surface area (Å²) in [6, 6.07) is 39.6. The van der Waals surface area contributed by atoms with Gasteiger partial charge in [0.1, 0.15) is 0 Å². The molecule has 0 aliphatic heterocycles. The maximum atomic E-state index is 2.35. The van der Waals surface area contributed by atoms with Crippen molar-refractivity contribution >= 4 is 37.8 Å². The SMILES string of the molecule is CC(C)(C)c1ccc2c(c1)[cH-]c1cc(C(C)(C)C)ccc12.C[Si](C)=[Zr+2].c1ccc(-c2c[cH-]c3ccccc23)cc1. The van der Waals surface area contributed by atoms with Crippen LogP contribution in [0.25, 0.3) is 43.4 Å². The fraction of sp³-hybridized carbons (Fsp3) is 0.263. The Bertz CT molecular complexity index is 1660. The standard InChI is InChI=1S/C21H25.C15H11.C2H6Si.Zr/c1-20(2,3)16-7-9-18-14(12-16)11-15-13-17(21(4,5)6)8-10-19(15)18;1-2-6-12(7-3-1)15-11-10-13-8-4-5-9-14(13)15;1-3-2;/h7-13H,1-6H3;1-11H;1-2H3;/q2*-1;;+2. The molecular formula is C38H42SiZr. The summed E-state index contributed by atoms with van der Waals surface area (Å²) in [5.74, 6) is 0. The van der Waals surface area contributed by atoms with Gasteiger partial charge < -0.3 is 0 Å². The van der Waals surface area contributed by atoms with Crippen molar-refractivity contribution in [3.8, 4) is 11.1 Å². The summed E-state index contributed by atoms with van der Waals surface area (Å²) in [5.41, 5.74) is 6.04. The van der Waals surface area contributed by atoms with Crippen molar-refractivity contribution in [3.63, 3.8) is 0 Å². The van der Waals surface area contributed by atoms with E-state index in [1.807, 2.05) is 0 Å². The van der Waals surface area contributed by atoms with Crippen molar-refractivity contribution in [1.29, 1.82) is 0 Å². The molecule has 0 saturated carbocycles. The van der Waals surface area contributed by atoms with Crippen LogP contribution in [0.3, 0.4) is 0 Å². The Morgan fingerprint density at radius 1 is 0.575 bits per heavy atom. The summed E-state index contributed by atoms with van der Waals surface area (Å²) in [7, 11) is 0. The quantitative estimate of drug-likeness (QED) is 0.127. The molecule has 40 heavy (non-hydrogen) atoms. The Balaban J connectivity index is 0.000000170. The topological polar surface area (TPSA) is 0 Å². The molecule has 0 nitrogen and oxygen atoms in total. The average molecular weight is 618 g/mol. The van der Waals surface area contributed by atoms with Gasteiger partial charge in [0.15, 0.2) is 0 Å². The molecule has 0 fully saturated rings. The summed E-state index contributed by atoms with van der Waals surface area (Å²) in [4.78, 5) is 0. The van der Waals surface area contributed by atoms with Gasteiger partial charge in [0.25, 0.3) is 0 Å². The van der Waals surface area contributed by atoms with Gasteiger partial charge in [-0.05, 0) is 10.8 Å². The minimum Gasteiger partial charge on any atom is -0.150 e. The zero-order valence-electron chi connectivity index (χ0n) is 25.4. The van der Waals surface area contributed by atoms with E-state index in [1.165, 1.54) is 54.6 Å². The van der Waals surface area contributed by atoms with E-state index in [9.17, 15) is 0 Å². The molecule has 6 aromatic rings. The van der Waals surface area contributed by atoms with Crippen LogP contribution in [0.4, 0.5) is 0 Å². The summed E-state index contributed by atoms with van der Waals surface area (Å²) in [5, 5.41) is 8.13. The third kappa shape index (κ3) is 7.39. The van der Waals surface area contributed by atoms with Gasteiger partial charge in [-0.15, -0.1) is 86.4 Å². The smallest absolute Gasteiger partial charge is 0.0623 e. The predicted molar refractivity (Wildman–Crippen MR) is 177 cm³/mol. The van der Waals surface area contributed by atoms with Gasteiger partial charge in [0.2, 0.25) is 0 Å². The Labute approximate surface area is 256 Å². The van der Waals surface area contributed by atoms with Crippen LogP contribution >= 0.6 is 0 Å². The summed E-state index contributed by atoms with van der Waals surface area (Å²) >= 11 is 1.74. The average Bonchev–Trinajstić information content (AvgIpc) is 3.49. The van der Waals surface area contributed by atoms with E-state index in [0.717, 1.165) is 0 Å². The zero-order chi connectivity index (χ0) is 29.1. The monoisotopic (exact) mass is 616 g/mol. The van der Waals surface area contributed by atoms with Crippen LogP contribution in [0.1, 0.15) is 52.7 Å². The fourth-order valence-electron chi connectivity index (χ4n) is 4.98. The molecule has 0 atom stereocenters. The molecule has 0 bridgehead atoms. The number of hydrogen-bond acceptors (Lipinski definition) is 0. The van der Waals surface area contributed by atoms with E-state index in [0.29, 0.717) is 0 Å². The van der Waals surface area contributed by atoms with Gasteiger partial charge in [-0.3, -0.25) is 0 Å². The number of fused-ring (bicyclic) bond motifs is 4. The molecule has 0 amide bonds. The van der Waals surface area contributed by atoms with Crippen molar-refractivity contribution in [2.24, 2.45) is 0 Å². The Morgan fingerprint density at radius 3 is 1.55 bits per heavy atom. The number of benzene rings is 4. The minimum absolute atomic E-state index is 0.203. The van der Waals surface area contributed by atoms with Crippen molar-refractivity contribution in [1.82, 2.24) is 0 Å². The molecule has 0 radical (unpaired) electrons. The molecule has 6 aromatic carbocycles. The molecule has 0 unspecified atom stereocenters. The summed E-state index contributed by atoms with van der Waals surface area (Å²) in [6.07, 6.45) is 0. The molecule has 202 valence electrons. The molecule has 0 aromatic heterocycles.